The van der Waals surface area contributed by atoms with Gasteiger partial charge in [-0.3, -0.25) is 19.7 Å². The van der Waals surface area contributed by atoms with Gasteiger partial charge in [0.1, 0.15) is 5.70 Å². The maximum atomic E-state index is 13.6. The van der Waals surface area contributed by atoms with Gasteiger partial charge < -0.3 is 4.90 Å². The van der Waals surface area contributed by atoms with E-state index in [4.69, 9.17) is 0 Å². The quantitative estimate of drug-likeness (QED) is 0.421. The summed E-state index contributed by atoms with van der Waals surface area (Å²) in [6, 6.07) is 11.5. The first-order valence-electron chi connectivity index (χ1n) is 10.5. The average molecular weight is 419 g/mol. The summed E-state index contributed by atoms with van der Waals surface area (Å²) < 4.78 is 0. The molecule has 0 radical (unpaired) electrons. The minimum Gasteiger partial charge on any atom is -0.366 e. The van der Waals surface area contributed by atoms with Gasteiger partial charge in [-0.15, -0.1) is 0 Å². The number of carbonyl (C=O) groups excluding carboxylic acids is 2. The van der Waals surface area contributed by atoms with E-state index in [0.29, 0.717) is 41.5 Å². The normalized spacial score (nSPS) is 19.4. The lowest BCUT2D eigenvalue weighted by Crippen LogP contribution is -2.39. The Morgan fingerprint density at radius 3 is 2.35 bits per heavy atom. The number of amides is 2. The first-order valence-corrected chi connectivity index (χ1v) is 10.5. The van der Waals surface area contributed by atoms with E-state index in [-0.39, 0.29) is 17.5 Å². The first-order chi connectivity index (χ1) is 14.8. The summed E-state index contributed by atoms with van der Waals surface area (Å²) in [6.45, 7) is 7.39. The first kappa shape index (κ1) is 20.8. The largest absolute Gasteiger partial charge is 0.366 e. The van der Waals surface area contributed by atoms with E-state index in [2.05, 4.69) is 6.92 Å². The van der Waals surface area contributed by atoms with Gasteiger partial charge >= 0.3 is 0 Å². The molecule has 1 atom stereocenters. The molecule has 7 nitrogen and oxygen atoms in total. The van der Waals surface area contributed by atoms with Crippen molar-refractivity contribution >= 4 is 28.8 Å². The van der Waals surface area contributed by atoms with Crippen molar-refractivity contribution in [1.82, 2.24) is 4.90 Å². The molecule has 2 amide bonds. The number of rotatable bonds is 4. The smallest absolute Gasteiger partial charge is 0.282 e. The van der Waals surface area contributed by atoms with Crippen molar-refractivity contribution in [1.29, 1.82) is 0 Å². The number of aryl methyl sites for hydroxylation is 2. The van der Waals surface area contributed by atoms with Crippen LogP contribution in [0.1, 0.15) is 36.5 Å². The number of imide groups is 1. The molecule has 2 aromatic carbocycles. The molecule has 2 heterocycles. The lowest BCUT2D eigenvalue weighted by molar-refractivity contribution is -0.384. The molecule has 0 aromatic heterocycles. The molecule has 2 aliphatic rings. The highest BCUT2D eigenvalue weighted by Crippen LogP contribution is 2.38. The van der Waals surface area contributed by atoms with E-state index in [1.807, 2.05) is 30.9 Å². The number of nitrogens with zero attached hydrogens (tertiary/aromatic N) is 3. The van der Waals surface area contributed by atoms with Crippen molar-refractivity contribution in [2.24, 2.45) is 5.92 Å². The van der Waals surface area contributed by atoms with Gasteiger partial charge in [0, 0.05) is 25.2 Å². The molecule has 4 rings (SSSR count). The Morgan fingerprint density at radius 2 is 1.74 bits per heavy atom. The third kappa shape index (κ3) is 3.71. The number of piperidine rings is 1. The fourth-order valence-electron chi connectivity index (χ4n) is 4.49. The lowest BCUT2D eigenvalue weighted by Gasteiger charge is -2.33. The van der Waals surface area contributed by atoms with Gasteiger partial charge in [-0.1, -0.05) is 24.6 Å². The Labute approximate surface area is 181 Å². The number of anilines is 1. The van der Waals surface area contributed by atoms with Crippen molar-refractivity contribution in [2.75, 3.05) is 18.0 Å². The maximum Gasteiger partial charge on any atom is 0.282 e. The molecule has 31 heavy (non-hydrogen) atoms. The molecule has 2 aromatic rings. The number of non-ortho nitro benzene ring substituents is 1. The Morgan fingerprint density at radius 1 is 1.03 bits per heavy atom. The topological polar surface area (TPSA) is 83.8 Å². The molecule has 0 spiro atoms. The minimum absolute atomic E-state index is 0.0551. The Balaban J connectivity index is 1.83. The van der Waals surface area contributed by atoms with Crippen molar-refractivity contribution in [3.8, 4) is 0 Å². The van der Waals surface area contributed by atoms with Crippen LogP contribution in [0.2, 0.25) is 0 Å². The summed E-state index contributed by atoms with van der Waals surface area (Å²) in [5.41, 5.74) is 3.64. The molecule has 0 bridgehead atoms. The highest BCUT2D eigenvalue weighted by atomic mass is 16.6. The fourth-order valence-corrected chi connectivity index (χ4v) is 4.49. The van der Waals surface area contributed by atoms with Crippen LogP contribution in [0, 0.1) is 29.9 Å². The fraction of sp³-hybridized carbons (Fsp3) is 0.333. The van der Waals surface area contributed by atoms with Gasteiger partial charge in [0.15, 0.2) is 0 Å². The van der Waals surface area contributed by atoms with Gasteiger partial charge in [0.2, 0.25) is 0 Å². The second-order valence-electron chi connectivity index (χ2n) is 8.46. The van der Waals surface area contributed by atoms with Crippen molar-refractivity contribution < 1.29 is 14.5 Å². The zero-order chi connectivity index (χ0) is 22.3. The predicted octanol–water partition coefficient (Wildman–Crippen LogP) is 4.23. The molecule has 1 fully saturated rings. The van der Waals surface area contributed by atoms with Gasteiger partial charge in [-0.05, 0) is 61.9 Å². The third-order valence-corrected chi connectivity index (χ3v) is 5.99. The van der Waals surface area contributed by atoms with Gasteiger partial charge in [0.25, 0.3) is 17.5 Å². The predicted molar refractivity (Wildman–Crippen MR) is 118 cm³/mol. The van der Waals surface area contributed by atoms with E-state index in [9.17, 15) is 19.7 Å². The number of hydrogen-bond donors (Lipinski definition) is 0. The molecule has 1 unspecified atom stereocenters. The molecule has 0 saturated carbocycles. The van der Waals surface area contributed by atoms with E-state index >= 15 is 0 Å². The van der Waals surface area contributed by atoms with Crippen LogP contribution in [0.15, 0.2) is 48.2 Å². The minimum atomic E-state index is -0.477. The van der Waals surface area contributed by atoms with Crippen LogP contribution in [0.4, 0.5) is 11.4 Å². The number of likely N-dealkylation sites (tertiary alicyclic amines) is 1. The van der Waals surface area contributed by atoms with E-state index in [0.717, 1.165) is 24.0 Å². The monoisotopic (exact) mass is 419 g/mol. The van der Waals surface area contributed by atoms with E-state index < -0.39 is 4.92 Å². The van der Waals surface area contributed by atoms with Crippen LogP contribution in [-0.4, -0.2) is 34.7 Å². The van der Waals surface area contributed by atoms with Gasteiger partial charge in [-0.2, -0.15) is 0 Å². The number of benzene rings is 2. The van der Waals surface area contributed by atoms with Crippen LogP contribution in [0.5, 0.6) is 0 Å². The van der Waals surface area contributed by atoms with Crippen molar-refractivity contribution in [3.63, 3.8) is 0 Å². The highest BCUT2D eigenvalue weighted by molar-refractivity contribution is 6.45. The second kappa shape index (κ2) is 7.98. The van der Waals surface area contributed by atoms with Crippen molar-refractivity contribution in [3.05, 3.63) is 75.0 Å². The molecule has 0 N–H and O–H groups in total. The van der Waals surface area contributed by atoms with Gasteiger partial charge in [-0.25, -0.2) is 4.90 Å². The van der Waals surface area contributed by atoms with Crippen LogP contribution in [-0.2, 0) is 9.59 Å². The molecule has 0 aliphatic carbocycles. The average Bonchev–Trinajstić information content (AvgIpc) is 2.98. The third-order valence-electron chi connectivity index (χ3n) is 5.99. The van der Waals surface area contributed by atoms with Crippen LogP contribution in [0.3, 0.4) is 0 Å². The zero-order valence-electron chi connectivity index (χ0n) is 17.9. The second-order valence-corrected chi connectivity index (χ2v) is 8.46. The van der Waals surface area contributed by atoms with Crippen LogP contribution >= 0.6 is 0 Å². The summed E-state index contributed by atoms with van der Waals surface area (Å²) in [4.78, 5) is 41.0. The summed E-state index contributed by atoms with van der Waals surface area (Å²) in [7, 11) is 0. The molecular formula is C24H25N3O4. The Bertz CT molecular complexity index is 1100. The molecule has 7 heteroatoms. The maximum absolute atomic E-state index is 13.6. The van der Waals surface area contributed by atoms with Crippen LogP contribution in [0.25, 0.3) is 5.57 Å². The van der Waals surface area contributed by atoms with Gasteiger partial charge in [0.05, 0.1) is 16.2 Å². The standard InChI is InChI=1S/C24H25N3O4/c1-15-6-11-20(17(3)13-15)26-23(28)21(18-7-9-19(10-8-18)27(30)31)22(24(26)29)25-12-4-5-16(2)14-25/h6-11,13,16H,4-5,12,14H2,1-3H3. The molecule has 2 aliphatic heterocycles. The number of hydrogen-bond acceptors (Lipinski definition) is 5. The number of carbonyl (C=O) groups is 2. The number of nitro groups is 1. The summed E-state index contributed by atoms with van der Waals surface area (Å²) >= 11 is 0. The van der Waals surface area contributed by atoms with Crippen LogP contribution < -0.4 is 4.90 Å². The van der Waals surface area contributed by atoms with E-state index in [1.54, 1.807) is 18.2 Å². The summed E-state index contributed by atoms with van der Waals surface area (Å²) in [5.74, 6) is -0.309. The zero-order valence-corrected chi connectivity index (χ0v) is 17.9. The molecule has 1 saturated heterocycles. The highest BCUT2D eigenvalue weighted by Gasteiger charge is 2.43. The Kier molecular flexibility index (Phi) is 5.35. The SMILES string of the molecule is Cc1ccc(N2C(=O)C(c3ccc([N+](=O)[O-])cc3)=C(N3CCCC(C)C3)C2=O)c(C)c1. The lowest BCUT2D eigenvalue weighted by atomic mass is 9.97. The summed E-state index contributed by atoms with van der Waals surface area (Å²) in [5, 5.41) is 11.1. The van der Waals surface area contributed by atoms with Crippen molar-refractivity contribution in [2.45, 2.75) is 33.6 Å². The summed E-state index contributed by atoms with van der Waals surface area (Å²) in [6.07, 6.45) is 2.03. The number of nitro benzene ring substituents is 1. The molecule has 160 valence electrons. The molecular weight excluding hydrogens is 394 g/mol. The van der Waals surface area contributed by atoms with E-state index in [1.165, 1.54) is 17.0 Å². The Hall–Kier alpha value is -3.48.